The molecule has 0 saturated heterocycles. The predicted molar refractivity (Wildman–Crippen MR) is 362 cm³/mol. The Morgan fingerprint density at radius 2 is 0.482 bits per heavy atom. The van der Waals surface area contributed by atoms with E-state index in [0.717, 1.165) is 109 Å². The van der Waals surface area contributed by atoms with Crippen molar-refractivity contribution < 1.29 is 28.6 Å². The molecule has 0 bridgehead atoms. The molecule has 0 spiro atoms. The molecule has 0 aromatic rings. The monoisotopic (exact) mass is 1150 g/mol. The van der Waals surface area contributed by atoms with Crippen molar-refractivity contribution in [3.8, 4) is 0 Å². The minimum Gasteiger partial charge on any atom is -0.462 e. The normalized spacial score (nSPS) is 12.8. The van der Waals surface area contributed by atoms with Gasteiger partial charge < -0.3 is 14.2 Å². The van der Waals surface area contributed by atoms with E-state index >= 15 is 0 Å². The van der Waals surface area contributed by atoms with Crippen molar-refractivity contribution in [2.75, 3.05) is 13.2 Å². The molecule has 6 heteroatoms. The molecule has 83 heavy (non-hydrogen) atoms. The molecule has 0 aliphatic carbocycles. The summed E-state index contributed by atoms with van der Waals surface area (Å²) < 4.78 is 16.9. The first-order valence-electron chi connectivity index (χ1n) is 35.4. The fourth-order valence-corrected chi connectivity index (χ4v) is 9.93. The van der Waals surface area contributed by atoms with E-state index in [1.807, 2.05) is 0 Å². The Morgan fingerprint density at radius 3 is 0.783 bits per heavy atom. The van der Waals surface area contributed by atoms with Crippen molar-refractivity contribution >= 4 is 17.9 Å². The number of carbonyl (C=O) groups excluding carboxylic acids is 3. The van der Waals surface area contributed by atoms with Crippen LogP contribution in [0.3, 0.4) is 0 Å². The van der Waals surface area contributed by atoms with Gasteiger partial charge in [0.15, 0.2) is 6.10 Å². The minimum absolute atomic E-state index is 0.0795. The molecule has 0 fully saturated rings. The first-order valence-corrected chi connectivity index (χ1v) is 35.4. The molecule has 476 valence electrons. The zero-order chi connectivity index (χ0) is 59.9. The van der Waals surface area contributed by atoms with Crippen LogP contribution in [0.25, 0.3) is 0 Å². The molecule has 0 aliphatic heterocycles. The van der Waals surface area contributed by atoms with Gasteiger partial charge >= 0.3 is 17.9 Å². The lowest BCUT2D eigenvalue weighted by molar-refractivity contribution is -0.167. The van der Waals surface area contributed by atoms with E-state index in [1.54, 1.807) is 0 Å². The molecular weight excluding hydrogens is 1020 g/mol. The summed E-state index contributed by atoms with van der Waals surface area (Å²) in [7, 11) is 0. The molecule has 6 nitrogen and oxygen atoms in total. The van der Waals surface area contributed by atoms with E-state index in [4.69, 9.17) is 14.2 Å². The van der Waals surface area contributed by atoms with Crippen LogP contribution in [-0.2, 0) is 28.6 Å². The Morgan fingerprint density at radius 1 is 0.253 bits per heavy atom. The third-order valence-corrected chi connectivity index (χ3v) is 15.2. The van der Waals surface area contributed by atoms with Crippen LogP contribution in [-0.4, -0.2) is 37.2 Å². The lowest BCUT2D eigenvalue weighted by Gasteiger charge is -2.18. The van der Waals surface area contributed by atoms with Gasteiger partial charge in [-0.25, -0.2) is 0 Å². The summed E-state index contributed by atoms with van der Waals surface area (Å²) in [6, 6.07) is 0. The third kappa shape index (κ3) is 68.7. The molecular formula is C77H132O6. The Hall–Kier alpha value is -3.93. The maximum Gasteiger partial charge on any atom is 0.306 e. The van der Waals surface area contributed by atoms with Gasteiger partial charge in [0, 0.05) is 19.3 Å². The van der Waals surface area contributed by atoms with Gasteiger partial charge in [0.25, 0.3) is 0 Å². The van der Waals surface area contributed by atoms with Crippen molar-refractivity contribution in [1.29, 1.82) is 0 Å². The topological polar surface area (TPSA) is 78.9 Å². The summed E-state index contributed by atoms with van der Waals surface area (Å²) in [5.41, 5.74) is 0. The molecule has 1 unspecified atom stereocenters. The molecule has 0 N–H and O–H groups in total. The van der Waals surface area contributed by atoms with E-state index in [1.165, 1.54) is 193 Å². The zero-order valence-electron chi connectivity index (χ0n) is 54.7. The molecule has 0 radical (unpaired) electrons. The van der Waals surface area contributed by atoms with Crippen LogP contribution in [0.15, 0.2) is 109 Å². The molecule has 0 rings (SSSR count). The first kappa shape index (κ1) is 79.1. The van der Waals surface area contributed by atoms with Crippen molar-refractivity contribution in [3.05, 3.63) is 109 Å². The Kier molecular flexibility index (Phi) is 67.2. The average molecular weight is 1150 g/mol. The summed E-state index contributed by atoms with van der Waals surface area (Å²) in [4.78, 5) is 38.3. The van der Waals surface area contributed by atoms with Gasteiger partial charge in [-0.15, -0.1) is 0 Å². The lowest BCUT2D eigenvalue weighted by Crippen LogP contribution is -2.30. The van der Waals surface area contributed by atoms with E-state index in [2.05, 4.69) is 130 Å². The van der Waals surface area contributed by atoms with Crippen molar-refractivity contribution in [3.63, 3.8) is 0 Å². The van der Waals surface area contributed by atoms with E-state index in [-0.39, 0.29) is 31.1 Å². The molecule has 0 aromatic heterocycles. The highest BCUT2D eigenvalue weighted by Gasteiger charge is 2.19. The summed E-state index contributed by atoms with van der Waals surface area (Å²) in [5, 5.41) is 0. The number of carbonyl (C=O) groups is 3. The second-order valence-electron chi connectivity index (χ2n) is 23.4. The largest absolute Gasteiger partial charge is 0.462 e. The van der Waals surface area contributed by atoms with Gasteiger partial charge in [-0.1, -0.05) is 310 Å². The summed E-state index contributed by atoms with van der Waals surface area (Å²) in [6.07, 6.45) is 97.0. The van der Waals surface area contributed by atoms with Crippen LogP contribution in [0.4, 0.5) is 0 Å². The van der Waals surface area contributed by atoms with Gasteiger partial charge in [0.05, 0.1) is 0 Å². The van der Waals surface area contributed by atoms with Crippen LogP contribution in [0.5, 0.6) is 0 Å². The van der Waals surface area contributed by atoms with Gasteiger partial charge in [-0.3, -0.25) is 14.4 Å². The Balaban J connectivity index is 4.14. The van der Waals surface area contributed by atoms with Crippen LogP contribution in [0.2, 0.25) is 0 Å². The van der Waals surface area contributed by atoms with Crippen LogP contribution >= 0.6 is 0 Å². The molecule has 0 amide bonds. The van der Waals surface area contributed by atoms with Gasteiger partial charge in [-0.05, 0) is 122 Å². The number of hydrogen-bond acceptors (Lipinski definition) is 6. The first-order chi connectivity index (χ1) is 41.0. The molecule has 0 saturated carbocycles. The van der Waals surface area contributed by atoms with Gasteiger partial charge in [0.2, 0.25) is 0 Å². The van der Waals surface area contributed by atoms with Crippen molar-refractivity contribution in [2.45, 2.75) is 348 Å². The third-order valence-electron chi connectivity index (χ3n) is 15.2. The Labute approximate surface area is 514 Å². The Bertz CT molecular complexity index is 1660. The van der Waals surface area contributed by atoms with E-state index in [0.29, 0.717) is 19.3 Å². The fourth-order valence-electron chi connectivity index (χ4n) is 9.93. The fraction of sp³-hybridized carbons (Fsp3) is 0.727. The minimum atomic E-state index is -0.783. The summed E-state index contributed by atoms with van der Waals surface area (Å²) in [5.74, 6) is -0.881. The smallest absolute Gasteiger partial charge is 0.306 e. The molecule has 0 aliphatic rings. The highest BCUT2D eigenvalue weighted by atomic mass is 16.6. The zero-order valence-corrected chi connectivity index (χ0v) is 54.7. The number of rotatable bonds is 64. The predicted octanol–water partition coefficient (Wildman–Crippen LogP) is 24.6. The standard InChI is InChI=1S/C77H132O6/c1-4-7-10-13-16-19-22-24-26-28-30-31-32-33-34-35-36-37-38-39-40-41-42-43-44-45-47-48-50-52-55-58-61-64-67-70-76(79)82-73-74(72-81-75(78)69-66-63-60-57-54-21-18-15-12-9-6-3)83-77(80)71-68-65-62-59-56-53-51-49-46-29-27-25-23-20-17-14-11-8-5-2/h7,10,15-20,24-27,30-31,33-34,36-37,74H,4-6,8-9,11-14,21-23,28-29,32,35,38-73H2,1-3H3/b10-7-,18-15-,19-16-,20-17-,26-24-,27-25-,31-30-,34-33-,37-36-. The molecule has 0 heterocycles. The number of unbranched alkanes of at least 4 members (excludes halogenated alkanes) is 35. The highest BCUT2D eigenvalue weighted by Crippen LogP contribution is 2.17. The van der Waals surface area contributed by atoms with Gasteiger partial charge in [0.1, 0.15) is 13.2 Å². The van der Waals surface area contributed by atoms with Gasteiger partial charge in [-0.2, -0.15) is 0 Å². The quantitative estimate of drug-likeness (QED) is 0.0261. The highest BCUT2D eigenvalue weighted by molar-refractivity contribution is 5.71. The lowest BCUT2D eigenvalue weighted by atomic mass is 10.0. The average Bonchev–Trinajstić information content (AvgIpc) is 3.48. The summed E-state index contributed by atoms with van der Waals surface area (Å²) in [6.45, 7) is 6.48. The van der Waals surface area contributed by atoms with Crippen LogP contribution in [0.1, 0.15) is 342 Å². The van der Waals surface area contributed by atoms with Crippen LogP contribution < -0.4 is 0 Å². The SMILES string of the molecule is CC/C=C\C/C=C\C/C=C\C/C=C\C/C=C\C/C=C\CCCCCCCCCCCCCCCCCCC(=O)OCC(COC(=O)CCCCCCC/C=C\CCCC)OC(=O)CCCCCCCCCCC/C=C\C/C=C\CCCCC. The van der Waals surface area contributed by atoms with Crippen molar-refractivity contribution in [1.82, 2.24) is 0 Å². The number of allylic oxidation sites excluding steroid dienone is 18. The second kappa shape index (κ2) is 70.6. The number of hydrogen-bond donors (Lipinski definition) is 0. The summed E-state index contributed by atoms with van der Waals surface area (Å²) >= 11 is 0. The number of ether oxygens (including phenoxy) is 3. The van der Waals surface area contributed by atoms with Crippen LogP contribution in [0, 0.1) is 0 Å². The second-order valence-corrected chi connectivity index (χ2v) is 23.4. The molecule has 1 atom stereocenters. The van der Waals surface area contributed by atoms with Crippen molar-refractivity contribution in [2.24, 2.45) is 0 Å². The van der Waals surface area contributed by atoms with E-state index < -0.39 is 6.10 Å². The maximum absolute atomic E-state index is 12.9. The molecule has 0 aromatic carbocycles. The maximum atomic E-state index is 12.9. The number of esters is 3. The van der Waals surface area contributed by atoms with E-state index in [9.17, 15) is 14.4 Å².